The molecule has 1 fully saturated rings. The van der Waals surface area contributed by atoms with Crippen LogP contribution in [0.2, 0.25) is 0 Å². The summed E-state index contributed by atoms with van der Waals surface area (Å²) in [4.78, 5) is 24.6. The van der Waals surface area contributed by atoms with Crippen LogP contribution in [0.3, 0.4) is 0 Å². The van der Waals surface area contributed by atoms with Crippen LogP contribution in [0.1, 0.15) is 41.6 Å². The SMILES string of the molecule is Cc1ccc(S(=O)(=O)Nc2cccc(C(=O)NC[C@H]3CC[C@@H](Nc4nc(N(C)C)c5ccccc5n4)CC3)c2)cc1. The fourth-order valence-corrected chi connectivity index (χ4v) is 6.20. The van der Waals surface area contributed by atoms with E-state index in [2.05, 4.69) is 15.4 Å². The predicted molar refractivity (Wildman–Crippen MR) is 164 cm³/mol. The summed E-state index contributed by atoms with van der Waals surface area (Å²) in [6.45, 7) is 2.47. The Labute approximate surface area is 241 Å². The van der Waals surface area contributed by atoms with Crippen LogP contribution in [0.15, 0.2) is 77.7 Å². The number of benzene rings is 3. The number of carbonyl (C=O) groups excluding carboxylic acids is 1. The van der Waals surface area contributed by atoms with E-state index < -0.39 is 10.0 Å². The van der Waals surface area contributed by atoms with Crippen molar-refractivity contribution in [3.05, 3.63) is 83.9 Å². The molecule has 4 aromatic rings. The second-order valence-corrected chi connectivity index (χ2v) is 12.5. The van der Waals surface area contributed by atoms with Crippen LogP contribution in [-0.2, 0) is 10.0 Å². The van der Waals surface area contributed by atoms with Crippen molar-refractivity contribution in [1.82, 2.24) is 15.3 Å². The van der Waals surface area contributed by atoms with E-state index >= 15 is 0 Å². The second-order valence-electron chi connectivity index (χ2n) is 10.9. The van der Waals surface area contributed by atoms with Gasteiger partial charge in [-0.2, -0.15) is 4.98 Å². The summed E-state index contributed by atoms with van der Waals surface area (Å²) in [5.41, 5.74) is 2.65. The van der Waals surface area contributed by atoms with E-state index in [1.807, 2.05) is 50.2 Å². The van der Waals surface area contributed by atoms with Gasteiger partial charge in [0.1, 0.15) is 5.82 Å². The molecule has 3 N–H and O–H groups in total. The molecule has 0 aliphatic heterocycles. The van der Waals surface area contributed by atoms with E-state index in [1.54, 1.807) is 48.5 Å². The zero-order valence-electron chi connectivity index (χ0n) is 23.6. The van der Waals surface area contributed by atoms with Gasteiger partial charge >= 0.3 is 0 Å². The molecule has 1 heterocycles. The first-order valence-electron chi connectivity index (χ1n) is 13.9. The fraction of sp³-hybridized carbons (Fsp3) is 0.323. The lowest BCUT2D eigenvalue weighted by molar-refractivity contribution is 0.0943. The largest absolute Gasteiger partial charge is 0.362 e. The average molecular weight is 573 g/mol. The quantitative estimate of drug-likeness (QED) is 0.252. The predicted octanol–water partition coefficient (Wildman–Crippen LogP) is 5.21. The second kappa shape index (κ2) is 12.1. The molecule has 0 bridgehead atoms. The van der Waals surface area contributed by atoms with E-state index in [1.165, 1.54) is 0 Å². The molecule has 214 valence electrons. The summed E-state index contributed by atoms with van der Waals surface area (Å²) in [7, 11) is 0.222. The number of carbonyl (C=O) groups is 1. The third-order valence-corrected chi connectivity index (χ3v) is 8.84. The lowest BCUT2D eigenvalue weighted by Crippen LogP contribution is -2.34. The monoisotopic (exact) mass is 572 g/mol. The van der Waals surface area contributed by atoms with E-state index in [0.29, 0.717) is 29.7 Å². The number of nitrogens with zero attached hydrogens (tertiary/aromatic N) is 3. The van der Waals surface area contributed by atoms with Gasteiger partial charge in [0.05, 0.1) is 10.4 Å². The Kier molecular flexibility index (Phi) is 8.39. The van der Waals surface area contributed by atoms with Gasteiger partial charge in [-0.3, -0.25) is 9.52 Å². The Morgan fingerprint density at radius 3 is 2.39 bits per heavy atom. The minimum absolute atomic E-state index is 0.174. The number of rotatable bonds is 9. The topological polar surface area (TPSA) is 116 Å². The molecule has 0 atom stereocenters. The van der Waals surface area contributed by atoms with Crippen molar-refractivity contribution in [1.29, 1.82) is 0 Å². The fourth-order valence-electron chi connectivity index (χ4n) is 5.15. The molecule has 41 heavy (non-hydrogen) atoms. The first-order valence-corrected chi connectivity index (χ1v) is 15.3. The van der Waals surface area contributed by atoms with Crippen LogP contribution in [0.5, 0.6) is 0 Å². The Bertz CT molecular complexity index is 1630. The molecule has 1 amide bonds. The highest BCUT2D eigenvalue weighted by Gasteiger charge is 2.23. The maximum absolute atomic E-state index is 12.9. The number of aromatic nitrogens is 2. The number of nitrogens with one attached hydrogen (secondary N) is 3. The van der Waals surface area contributed by atoms with Crippen LogP contribution in [0.25, 0.3) is 10.9 Å². The highest BCUT2D eigenvalue weighted by molar-refractivity contribution is 7.92. The number of amides is 1. The summed E-state index contributed by atoms with van der Waals surface area (Å²) < 4.78 is 28.1. The normalized spacial score (nSPS) is 17.1. The van der Waals surface area contributed by atoms with Gasteiger partial charge in [-0.25, -0.2) is 13.4 Å². The van der Waals surface area contributed by atoms with Gasteiger partial charge in [0, 0.05) is 43.3 Å². The van der Waals surface area contributed by atoms with Crippen LogP contribution < -0.4 is 20.3 Å². The summed E-state index contributed by atoms with van der Waals surface area (Å²) in [6, 6.07) is 21.5. The van der Waals surface area contributed by atoms with Gasteiger partial charge in [0.15, 0.2) is 0 Å². The first kappa shape index (κ1) is 28.4. The molecule has 0 saturated heterocycles. The van der Waals surface area contributed by atoms with Crippen LogP contribution in [-0.4, -0.2) is 51.0 Å². The zero-order valence-corrected chi connectivity index (χ0v) is 24.4. The first-order chi connectivity index (χ1) is 19.7. The molecular weight excluding hydrogens is 536 g/mol. The smallest absolute Gasteiger partial charge is 0.261 e. The van der Waals surface area contributed by atoms with Gasteiger partial charge in [-0.15, -0.1) is 0 Å². The number of anilines is 3. The summed E-state index contributed by atoms with van der Waals surface area (Å²) in [5, 5.41) is 7.59. The highest BCUT2D eigenvalue weighted by Crippen LogP contribution is 2.28. The number of fused-ring (bicyclic) bond motifs is 1. The maximum Gasteiger partial charge on any atom is 0.261 e. The Morgan fingerprint density at radius 2 is 1.66 bits per heavy atom. The van der Waals surface area contributed by atoms with Crippen molar-refractivity contribution in [2.75, 3.05) is 35.6 Å². The van der Waals surface area contributed by atoms with E-state index in [-0.39, 0.29) is 16.8 Å². The average Bonchev–Trinajstić information content (AvgIpc) is 2.96. The molecule has 9 nitrogen and oxygen atoms in total. The number of hydrogen-bond acceptors (Lipinski definition) is 7. The van der Waals surface area contributed by atoms with Crippen LogP contribution >= 0.6 is 0 Å². The Hall–Kier alpha value is -4.18. The molecule has 1 saturated carbocycles. The standard InChI is InChI=1S/C31H36N6O3S/c1-21-11-17-26(18-12-21)41(39,40)36-25-8-6-7-23(19-25)30(38)32-20-22-13-15-24(16-14-22)33-31-34-28-10-5-4-9-27(28)29(35-31)37(2)3/h4-12,17-19,22,24,36H,13-16,20H2,1-3H3,(H,32,38)(H,33,34,35)/t22-,24+. The Morgan fingerprint density at radius 1 is 0.927 bits per heavy atom. The lowest BCUT2D eigenvalue weighted by atomic mass is 9.86. The lowest BCUT2D eigenvalue weighted by Gasteiger charge is -2.29. The molecular formula is C31H36N6O3S. The minimum atomic E-state index is -3.75. The third-order valence-electron chi connectivity index (χ3n) is 7.45. The van der Waals surface area contributed by atoms with Gasteiger partial charge in [0.2, 0.25) is 5.95 Å². The molecule has 10 heteroatoms. The zero-order chi connectivity index (χ0) is 29.0. The summed E-state index contributed by atoms with van der Waals surface area (Å²) >= 11 is 0. The van der Waals surface area contributed by atoms with Crippen molar-refractivity contribution in [3.63, 3.8) is 0 Å². The molecule has 0 unspecified atom stereocenters. The van der Waals surface area contributed by atoms with Crippen molar-refractivity contribution in [2.45, 2.75) is 43.5 Å². The Balaban J connectivity index is 1.13. The van der Waals surface area contributed by atoms with E-state index in [4.69, 9.17) is 9.97 Å². The number of sulfonamides is 1. The number of para-hydroxylation sites is 1. The number of aryl methyl sites for hydroxylation is 1. The van der Waals surface area contributed by atoms with Gasteiger partial charge < -0.3 is 15.5 Å². The van der Waals surface area contributed by atoms with Crippen LogP contribution in [0.4, 0.5) is 17.5 Å². The van der Waals surface area contributed by atoms with Crippen molar-refractivity contribution < 1.29 is 13.2 Å². The summed E-state index contributed by atoms with van der Waals surface area (Å²) in [5.74, 6) is 1.68. The van der Waals surface area contributed by atoms with Crippen molar-refractivity contribution in [2.24, 2.45) is 5.92 Å². The number of hydrogen-bond donors (Lipinski definition) is 3. The minimum Gasteiger partial charge on any atom is -0.362 e. The maximum atomic E-state index is 12.9. The molecule has 5 rings (SSSR count). The van der Waals surface area contributed by atoms with E-state index in [9.17, 15) is 13.2 Å². The molecule has 1 aliphatic carbocycles. The summed E-state index contributed by atoms with van der Waals surface area (Å²) in [6.07, 6.45) is 3.87. The van der Waals surface area contributed by atoms with Crippen molar-refractivity contribution >= 4 is 44.3 Å². The molecule has 0 spiro atoms. The van der Waals surface area contributed by atoms with Gasteiger partial charge in [0.25, 0.3) is 15.9 Å². The third kappa shape index (κ3) is 6.94. The van der Waals surface area contributed by atoms with Gasteiger partial charge in [-0.1, -0.05) is 35.9 Å². The molecule has 0 radical (unpaired) electrons. The van der Waals surface area contributed by atoms with Crippen LogP contribution in [0, 0.1) is 12.8 Å². The van der Waals surface area contributed by atoms with Crippen molar-refractivity contribution in [3.8, 4) is 0 Å². The van der Waals surface area contributed by atoms with E-state index in [0.717, 1.165) is 48.0 Å². The van der Waals surface area contributed by atoms with Gasteiger partial charge in [-0.05, 0) is 81.0 Å². The molecule has 1 aliphatic rings. The molecule has 1 aromatic heterocycles. The highest BCUT2D eigenvalue weighted by atomic mass is 32.2. The molecule has 3 aromatic carbocycles.